The molecule has 0 atom stereocenters. The van der Waals surface area contributed by atoms with Crippen molar-refractivity contribution in [2.24, 2.45) is 0 Å². The van der Waals surface area contributed by atoms with Crippen LogP contribution in [-0.4, -0.2) is 18.5 Å². The molecule has 0 heterocycles. The first-order chi connectivity index (χ1) is 6.95. The number of halogens is 1. The van der Waals surface area contributed by atoms with Crippen LogP contribution >= 0.6 is 15.9 Å². The predicted octanol–water partition coefficient (Wildman–Crippen LogP) is 2.39. The Morgan fingerprint density at radius 1 is 1.40 bits per heavy atom. The Morgan fingerprint density at radius 3 is 2.60 bits per heavy atom. The number of nitrogens with one attached hydrogen (secondary N) is 2. The van der Waals surface area contributed by atoms with Gasteiger partial charge < -0.3 is 10.6 Å². The number of anilines is 1. The predicted molar refractivity (Wildman–Crippen MR) is 65.9 cm³/mol. The molecule has 0 unspecified atom stereocenters. The Hall–Kier alpha value is -0.870. The van der Waals surface area contributed by atoms with Crippen LogP contribution in [0.15, 0.2) is 28.7 Å². The lowest BCUT2D eigenvalue weighted by molar-refractivity contribution is -0.121. The minimum absolute atomic E-state index is 0.0527. The zero-order valence-corrected chi connectivity index (χ0v) is 10.7. The number of hydrogen-bond donors (Lipinski definition) is 2. The van der Waals surface area contributed by atoms with Gasteiger partial charge in [-0.2, -0.15) is 0 Å². The molecule has 2 N–H and O–H groups in total. The van der Waals surface area contributed by atoms with E-state index in [1.165, 1.54) is 0 Å². The fourth-order valence-corrected chi connectivity index (χ4v) is 1.37. The van der Waals surface area contributed by atoms with E-state index in [1.807, 2.05) is 38.1 Å². The monoisotopic (exact) mass is 270 g/mol. The van der Waals surface area contributed by atoms with E-state index in [9.17, 15) is 4.79 Å². The summed E-state index contributed by atoms with van der Waals surface area (Å²) in [5, 5.41) is 5.79. The summed E-state index contributed by atoms with van der Waals surface area (Å²) in [5.41, 5.74) is 0.222. The minimum Gasteiger partial charge on any atom is -0.324 e. The Kier molecular flexibility index (Phi) is 3.88. The highest BCUT2D eigenvalue weighted by molar-refractivity contribution is 9.10. The van der Waals surface area contributed by atoms with Crippen LogP contribution < -0.4 is 10.6 Å². The van der Waals surface area contributed by atoms with Crippen LogP contribution in [0.5, 0.6) is 0 Å². The molecular weight excluding hydrogens is 256 g/mol. The van der Waals surface area contributed by atoms with E-state index in [0.29, 0.717) is 0 Å². The van der Waals surface area contributed by atoms with Crippen molar-refractivity contribution < 1.29 is 4.79 Å². The van der Waals surface area contributed by atoms with E-state index in [0.717, 1.165) is 10.2 Å². The molecule has 1 aromatic rings. The number of benzene rings is 1. The molecule has 1 rings (SSSR count). The van der Waals surface area contributed by atoms with Crippen molar-refractivity contribution in [1.29, 1.82) is 0 Å². The average molecular weight is 271 g/mol. The van der Waals surface area contributed by atoms with E-state index in [4.69, 9.17) is 0 Å². The van der Waals surface area contributed by atoms with E-state index in [1.54, 1.807) is 7.05 Å². The van der Waals surface area contributed by atoms with Gasteiger partial charge in [0, 0.05) is 10.2 Å². The van der Waals surface area contributed by atoms with Crippen molar-refractivity contribution in [1.82, 2.24) is 5.32 Å². The highest BCUT2D eigenvalue weighted by Gasteiger charge is 2.24. The second-order valence-corrected chi connectivity index (χ2v) is 4.76. The standard InChI is InChI=1S/C11H15BrN2O/c1-11(2,13-3)10(15)14-9-6-4-5-8(12)7-9/h4-7,13H,1-3H3,(H,14,15). The van der Waals surface area contributed by atoms with Gasteiger partial charge in [0.15, 0.2) is 0 Å². The van der Waals surface area contributed by atoms with Gasteiger partial charge >= 0.3 is 0 Å². The second-order valence-electron chi connectivity index (χ2n) is 3.84. The van der Waals surface area contributed by atoms with Crippen LogP contribution in [-0.2, 0) is 4.79 Å². The Morgan fingerprint density at radius 2 is 2.07 bits per heavy atom. The first-order valence-electron chi connectivity index (χ1n) is 4.71. The Balaban J connectivity index is 2.75. The first kappa shape index (κ1) is 12.2. The quantitative estimate of drug-likeness (QED) is 0.886. The lowest BCUT2D eigenvalue weighted by Gasteiger charge is -2.22. The van der Waals surface area contributed by atoms with Gasteiger partial charge in [-0.05, 0) is 39.1 Å². The lowest BCUT2D eigenvalue weighted by Crippen LogP contribution is -2.47. The Bertz CT molecular complexity index is 363. The van der Waals surface area contributed by atoms with Crippen LogP contribution in [0.3, 0.4) is 0 Å². The molecule has 3 nitrogen and oxygen atoms in total. The molecule has 0 bridgehead atoms. The summed E-state index contributed by atoms with van der Waals surface area (Å²) in [6.07, 6.45) is 0. The third kappa shape index (κ3) is 3.32. The number of likely N-dealkylation sites (N-methyl/N-ethyl adjacent to an activating group) is 1. The molecule has 4 heteroatoms. The van der Waals surface area contributed by atoms with Crippen LogP contribution in [0.4, 0.5) is 5.69 Å². The second kappa shape index (κ2) is 4.77. The molecular formula is C11H15BrN2O. The molecule has 1 aromatic carbocycles. The van der Waals surface area contributed by atoms with Crippen LogP contribution in [0.2, 0.25) is 0 Å². The summed E-state index contributed by atoms with van der Waals surface area (Å²) < 4.78 is 0.947. The SMILES string of the molecule is CNC(C)(C)C(=O)Nc1cccc(Br)c1. The molecule has 82 valence electrons. The highest BCUT2D eigenvalue weighted by Crippen LogP contribution is 2.16. The maximum absolute atomic E-state index is 11.8. The molecule has 0 saturated carbocycles. The third-order valence-electron chi connectivity index (χ3n) is 2.28. The Labute approximate surface area is 98.4 Å². The lowest BCUT2D eigenvalue weighted by atomic mass is 10.1. The van der Waals surface area contributed by atoms with E-state index in [2.05, 4.69) is 26.6 Å². The molecule has 0 aromatic heterocycles. The van der Waals surface area contributed by atoms with Gasteiger partial charge in [-0.1, -0.05) is 22.0 Å². The van der Waals surface area contributed by atoms with Gasteiger partial charge in [0.05, 0.1) is 5.54 Å². The summed E-state index contributed by atoms with van der Waals surface area (Å²) >= 11 is 3.35. The summed E-state index contributed by atoms with van der Waals surface area (Å²) in [4.78, 5) is 11.8. The number of carbonyl (C=O) groups is 1. The van der Waals surface area contributed by atoms with Crippen molar-refractivity contribution in [3.05, 3.63) is 28.7 Å². The fraction of sp³-hybridized carbons (Fsp3) is 0.364. The number of hydrogen-bond acceptors (Lipinski definition) is 2. The first-order valence-corrected chi connectivity index (χ1v) is 5.51. The zero-order valence-electron chi connectivity index (χ0n) is 9.10. The number of amides is 1. The maximum atomic E-state index is 11.8. The summed E-state index contributed by atoms with van der Waals surface area (Å²) in [6.45, 7) is 3.67. The van der Waals surface area contributed by atoms with Crippen LogP contribution in [0.1, 0.15) is 13.8 Å². The van der Waals surface area contributed by atoms with Crippen LogP contribution in [0, 0.1) is 0 Å². The molecule has 0 aliphatic rings. The van der Waals surface area contributed by atoms with E-state index in [-0.39, 0.29) is 5.91 Å². The summed E-state index contributed by atoms with van der Waals surface area (Å²) in [5.74, 6) is -0.0527. The molecule has 0 aliphatic carbocycles. The zero-order chi connectivity index (χ0) is 11.5. The van der Waals surface area contributed by atoms with Crippen molar-refractivity contribution in [3.63, 3.8) is 0 Å². The summed E-state index contributed by atoms with van der Waals surface area (Å²) in [7, 11) is 1.76. The van der Waals surface area contributed by atoms with Gasteiger partial charge in [-0.25, -0.2) is 0 Å². The van der Waals surface area contributed by atoms with Crippen molar-refractivity contribution in [2.45, 2.75) is 19.4 Å². The molecule has 0 radical (unpaired) electrons. The normalized spacial score (nSPS) is 11.2. The van der Waals surface area contributed by atoms with Crippen LogP contribution in [0.25, 0.3) is 0 Å². The van der Waals surface area contributed by atoms with Gasteiger partial charge in [0.1, 0.15) is 0 Å². The molecule has 0 aliphatic heterocycles. The van der Waals surface area contributed by atoms with Crippen molar-refractivity contribution >= 4 is 27.5 Å². The smallest absolute Gasteiger partial charge is 0.244 e. The number of carbonyl (C=O) groups excluding carboxylic acids is 1. The van der Waals surface area contributed by atoms with Gasteiger partial charge in [-0.3, -0.25) is 4.79 Å². The molecule has 1 amide bonds. The van der Waals surface area contributed by atoms with E-state index < -0.39 is 5.54 Å². The average Bonchev–Trinajstić information content (AvgIpc) is 2.17. The molecule has 0 spiro atoms. The van der Waals surface area contributed by atoms with Gasteiger partial charge in [-0.15, -0.1) is 0 Å². The largest absolute Gasteiger partial charge is 0.324 e. The maximum Gasteiger partial charge on any atom is 0.244 e. The van der Waals surface area contributed by atoms with Gasteiger partial charge in [0.2, 0.25) is 5.91 Å². The highest BCUT2D eigenvalue weighted by atomic mass is 79.9. The van der Waals surface area contributed by atoms with E-state index >= 15 is 0 Å². The minimum atomic E-state index is -0.567. The summed E-state index contributed by atoms with van der Waals surface area (Å²) in [6, 6.07) is 7.52. The molecule has 15 heavy (non-hydrogen) atoms. The van der Waals surface area contributed by atoms with Crippen molar-refractivity contribution in [3.8, 4) is 0 Å². The topological polar surface area (TPSA) is 41.1 Å². The number of rotatable bonds is 3. The third-order valence-corrected chi connectivity index (χ3v) is 2.77. The molecule has 0 fully saturated rings. The fourth-order valence-electron chi connectivity index (χ4n) is 0.967. The van der Waals surface area contributed by atoms with Crippen molar-refractivity contribution in [2.75, 3.05) is 12.4 Å². The molecule has 0 saturated heterocycles. The van der Waals surface area contributed by atoms with Gasteiger partial charge in [0.25, 0.3) is 0 Å².